The van der Waals surface area contributed by atoms with Crippen LogP contribution in [0, 0.1) is 0 Å². The maximum atomic E-state index is 11.4. The molecule has 0 spiro atoms. The van der Waals surface area contributed by atoms with Crippen molar-refractivity contribution in [1.82, 2.24) is 10.3 Å². The lowest BCUT2D eigenvalue weighted by Crippen LogP contribution is -2.33. The zero-order valence-corrected chi connectivity index (χ0v) is 12.3. The van der Waals surface area contributed by atoms with Gasteiger partial charge in [0.1, 0.15) is 11.4 Å². The summed E-state index contributed by atoms with van der Waals surface area (Å²) in [5, 5.41) is 6.37. The van der Waals surface area contributed by atoms with Crippen molar-refractivity contribution in [2.45, 2.75) is 32.8 Å². The molecule has 0 saturated heterocycles. The van der Waals surface area contributed by atoms with Crippen molar-refractivity contribution in [2.24, 2.45) is 0 Å². The van der Waals surface area contributed by atoms with Crippen LogP contribution in [0.5, 0.6) is 0 Å². The monoisotopic (exact) mass is 285 g/mol. The number of aromatic nitrogens is 1. The van der Waals surface area contributed by atoms with E-state index in [9.17, 15) is 4.79 Å². The molecule has 2 N–H and O–H groups in total. The number of halogens is 1. The average molecular weight is 286 g/mol. The summed E-state index contributed by atoms with van der Waals surface area (Å²) in [4.78, 5) is 15.5. The molecule has 1 rings (SSSR count). The van der Waals surface area contributed by atoms with Crippen molar-refractivity contribution in [3.8, 4) is 0 Å². The number of pyridine rings is 1. The van der Waals surface area contributed by atoms with Crippen molar-refractivity contribution in [1.29, 1.82) is 0 Å². The fourth-order valence-electron chi connectivity index (χ4n) is 1.32. The zero-order chi connectivity index (χ0) is 14.3. The number of anilines is 1. The average Bonchev–Trinajstić information content (AvgIpc) is 2.28. The third kappa shape index (κ3) is 6.86. The Morgan fingerprint density at radius 3 is 2.79 bits per heavy atom. The van der Waals surface area contributed by atoms with Crippen LogP contribution in [-0.2, 0) is 4.74 Å². The second kappa shape index (κ2) is 7.19. The molecule has 19 heavy (non-hydrogen) atoms. The molecule has 0 saturated carbocycles. The first-order valence-electron chi connectivity index (χ1n) is 6.20. The van der Waals surface area contributed by atoms with E-state index < -0.39 is 11.7 Å². The Morgan fingerprint density at radius 2 is 2.16 bits per heavy atom. The van der Waals surface area contributed by atoms with E-state index in [1.165, 1.54) is 0 Å². The van der Waals surface area contributed by atoms with Crippen LogP contribution >= 0.6 is 11.6 Å². The minimum Gasteiger partial charge on any atom is -0.444 e. The van der Waals surface area contributed by atoms with E-state index in [1.807, 2.05) is 20.8 Å². The minimum atomic E-state index is -0.468. The van der Waals surface area contributed by atoms with Gasteiger partial charge in [-0.3, -0.25) is 0 Å². The van der Waals surface area contributed by atoms with Gasteiger partial charge in [0.2, 0.25) is 0 Å². The number of ether oxygens (including phenoxy) is 1. The fourth-order valence-corrected chi connectivity index (χ4v) is 1.50. The third-order valence-corrected chi connectivity index (χ3v) is 2.38. The second-order valence-electron chi connectivity index (χ2n) is 5.04. The summed E-state index contributed by atoms with van der Waals surface area (Å²) in [6.07, 6.45) is 2.03. The van der Waals surface area contributed by atoms with Crippen LogP contribution in [-0.4, -0.2) is 29.8 Å². The summed E-state index contributed by atoms with van der Waals surface area (Å²) in [6, 6.07) is 3.55. The molecule has 1 aromatic rings. The van der Waals surface area contributed by atoms with Crippen LogP contribution in [0.4, 0.5) is 10.6 Å². The number of amides is 1. The number of carbonyl (C=O) groups is 1. The quantitative estimate of drug-likeness (QED) is 0.816. The Balaban J connectivity index is 2.15. The van der Waals surface area contributed by atoms with Gasteiger partial charge in [-0.2, -0.15) is 0 Å². The molecule has 0 aliphatic rings. The highest BCUT2D eigenvalue weighted by Gasteiger charge is 2.15. The molecule has 106 valence electrons. The summed E-state index contributed by atoms with van der Waals surface area (Å²) < 4.78 is 5.12. The summed E-state index contributed by atoms with van der Waals surface area (Å²) in [6.45, 7) is 6.70. The smallest absolute Gasteiger partial charge is 0.407 e. The van der Waals surface area contributed by atoms with E-state index in [0.717, 1.165) is 6.42 Å². The number of nitrogens with zero attached hydrogens (tertiary/aromatic N) is 1. The largest absolute Gasteiger partial charge is 0.444 e. The maximum absolute atomic E-state index is 11.4. The van der Waals surface area contributed by atoms with E-state index in [1.54, 1.807) is 18.3 Å². The van der Waals surface area contributed by atoms with Gasteiger partial charge in [-0.05, 0) is 39.3 Å². The van der Waals surface area contributed by atoms with Crippen molar-refractivity contribution in [3.05, 3.63) is 23.4 Å². The van der Waals surface area contributed by atoms with Crippen molar-refractivity contribution in [3.63, 3.8) is 0 Å². The first-order chi connectivity index (χ1) is 8.88. The van der Waals surface area contributed by atoms with E-state index in [-0.39, 0.29) is 0 Å². The van der Waals surface area contributed by atoms with Gasteiger partial charge in [0.05, 0.1) is 5.02 Å². The molecule has 0 atom stereocenters. The number of rotatable bonds is 5. The summed E-state index contributed by atoms with van der Waals surface area (Å²) >= 11 is 5.95. The van der Waals surface area contributed by atoms with E-state index in [4.69, 9.17) is 16.3 Å². The van der Waals surface area contributed by atoms with Gasteiger partial charge < -0.3 is 15.4 Å². The highest BCUT2D eigenvalue weighted by molar-refractivity contribution is 6.32. The number of nitrogens with one attached hydrogen (secondary N) is 2. The molecule has 1 heterocycles. The predicted octanol–water partition coefficient (Wildman–Crippen LogP) is 3.06. The number of carbonyl (C=O) groups excluding carboxylic acids is 1. The number of hydrogen-bond donors (Lipinski definition) is 2. The molecule has 0 bridgehead atoms. The summed E-state index contributed by atoms with van der Waals surface area (Å²) in [5.74, 6) is 0.654. The lowest BCUT2D eigenvalue weighted by atomic mass is 10.2. The molecule has 0 aliphatic heterocycles. The zero-order valence-electron chi connectivity index (χ0n) is 11.5. The lowest BCUT2D eigenvalue weighted by Gasteiger charge is -2.19. The fraction of sp³-hybridized carbons (Fsp3) is 0.538. The lowest BCUT2D eigenvalue weighted by molar-refractivity contribution is 0.0528. The van der Waals surface area contributed by atoms with Crippen LogP contribution in [0.3, 0.4) is 0 Å². The second-order valence-corrected chi connectivity index (χ2v) is 5.45. The van der Waals surface area contributed by atoms with Gasteiger partial charge in [0.15, 0.2) is 0 Å². The Morgan fingerprint density at radius 1 is 1.42 bits per heavy atom. The molecule has 0 aliphatic carbocycles. The van der Waals surface area contributed by atoms with Gasteiger partial charge in [-0.15, -0.1) is 0 Å². The topological polar surface area (TPSA) is 63.2 Å². The SMILES string of the molecule is CC(C)(C)OC(=O)NCCCNc1ncccc1Cl. The molecule has 0 fully saturated rings. The highest BCUT2D eigenvalue weighted by atomic mass is 35.5. The van der Waals surface area contributed by atoms with Gasteiger partial charge >= 0.3 is 6.09 Å². The molecule has 1 aromatic heterocycles. The Bertz CT molecular complexity index is 419. The Labute approximate surface area is 118 Å². The maximum Gasteiger partial charge on any atom is 0.407 e. The number of alkyl carbamates (subject to hydrolysis) is 1. The minimum absolute atomic E-state index is 0.400. The molecule has 5 nitrogen and oxygen atoms in total. The molecule has 0 aromatic carbocycles. The van der Waals surface area contributed by atoms with E-state index in [2.05, 4.69) is 15.6 Å². The highest BCUT2D eigenvalue weighted by Crippen LogP contribution is 2.16. The summed E-state index contributed by atoms with van der Waals surface area (Å²) in [5.41, 5.74) is -0.468. The first kappa shape index (κ1) is 15.6. The van der Waals surface area contributed by atoms with Gasteiger partial charge in [0.25, 0.3) is 0 Å². The van der Waals surface area contributed by atoms with Gasteiger partial charge in [0, 0.05) is 19.3 Å². The van der Waals surface area contributed by atoms with Gasteiger partial charge in [-0.1, -0.05) is 11.6 Å². The van der Waals surface area contributed by atoms with Crippen molar-refractivity contribution < 1.29 is 9.53 Å². The van der Waals surface area contributed by atoms with Crippen LogP contribution in [0.25, 0.3) is 0 Å². The van der Waals surface area contributed by atoms with Gasteiger partial charge in [-0.25, -0.2) is 9.78 Å². The molecular formula is C13H20ClN3O2. The molecule has 0 unspecified atom stereocenters. The van der Waals surface area contributed by atoms with Crippen LogP contribution < -0.4 is 10.6 Å². The normalized spacial score (nSPS) is 10.9. The standard InChI is InChI=1S/C13H20ClN3O2/c1-13(2,3)19-12(18)17-9-5-8-16-11-10(14)6-4-7-15-11/h4,6-7H,5,8-9H2,1-3H3,(H,15,16)(H,17,18). The van der Waals surface area contributed by atoms with Crippen LogP contribution in [0.2, 0.25) is 5.02 Å². The molecular weight excluding hydrogens is 266 g/mol. The number of hydrogen-bond acceptors (Lipinski definition) is 4. The molecule has 6 heteroatoms. The van der Waals surface area contributed by atoms with E-state index >= 15 is 0 Å². The van der Waals surface area contributed by atoms with Crippen molar-refractivity contribution in [2.75, 3.05) is 18.4 Å². The van der Waals surface area contributed by atoms with E-state index in [0.29, 0.717) is 23.9 Å². The van der Waals surface area contributed by atoms with Crippen molar-refractivity contribution >= 4 is 23.5 Å². The first-order valence-corrected chi connectivity index (χ1v) is 6.57. The predicted molar refractivity (Wildman–Crippen MR) is 76.6 cm³/mol. The van der Waals surface area contributed by atoms with Crippen LogP contribution in [0.1, 0.15) is 27.2 Å². The molecule has 1 amide bonds. The Hall–Kier alpha value is -1.49. The summed E-state index contributed by atoms with van der Waals surface area (Å²) in [7, 11) is 0. The Kier molecular flexibility index (Phi) is 5.89. The molecule has 0 radical (unpaired) electrons. The van der Waals surface area contributed by atoms with Crippen LogP contribution in [0.15, 0.2) is 18.3 Å². The third-order valence-electron chi connectivity index (χ3n) is 2.07.